The summed E-state index contributed by atoms with van der Waals surface area (Å²) in [4.78, 5) is 1.01. The quantitative estimate of drug-likeness (QED) is 0.585. The van der Waals surface area contributed by atoms with E-state index in [2.05, 4.69) is 17.5 Å². The number of rotatable bonds is 7. The lowest BCUT2D eigenvalue weighted by molar-refractivity contribution is 0.296. The Balaban J connectivity index is 1.95. The molecule has 1 aromatic carbocycles. The molecule has 1 saturated carbocycles. The Morgan fingerprint density at radius 3 is 2.94 bits per heavy atom. The summed E-state index contributed by atoms with van der Waals surface area (Å²) >= 11 is 1.64. The maximum absolute atomic E-state index is 9.16. The van der Waals surface area contributed by atoms with Crippen molar-refractivity contribution in [2.45, 2.75) is 36.7 Å². The van der Waals surface area contributed by atoms with E-state index in [-0.39, 0.29) is 6.61 Å². The van der Waals surface area contributed by atoms with E-state index in [4.69, 9.17) is 10.4 Å². The second-order valence-corrected chi connectivity index (χ2v) is 5.66. The molecule has 3 nitrogen and oxygen atoms in total. The Morgan fingerprint density at radius 1 is 1.44 bits per heavy atom. The summed E-state index contributed by atoms with van der Waals surface area (Å²) in [6, 6.07) is 9.01. The normalized spacial score (nSPS) is 14.4. The Kier molecular flexibility index (Phi) is 5.06. The summed E-state index contributed by atoms with van der Waals surface area (Å²) in [5.41, 5.74) is 1.91. The topological polar surface area (TPSA) is 56.0 Å². The molecule has 2 rings (SSSR count). The fourth-order valence-corrected chi connectivity index (χ4v) is 2.61. The molecule has 0 aromatic heterocycles. The summed E-state index contributed by atoms with van der Waals surface area (Å²) in [7, 11) is 0. The molecule has 0 saturated heterocycles. The molecule has 4 heteroatoms. The van der Waals surface area contributed by atoms with Crippen LogP contribution in [0.4, 0.5) is 0 Å². The van der Waals surface area contributed by atoms with E-state index in [1.54, 1.807) is 11.8 Å². The molecule has 2 N–H and O–H groups in total. The van der Waals surface area contributed by atoms with Crippen LogP contribution in [-0.4, -0.2) is 23.5 Å². The molecule has 1 fully saturated rings. The minimum absolute atomic E-state index is 0.207. The van der Waals surface area contributed by atoms with Gasteiger partial charge < -0.3 is 10.4 Å². The first-order valence-corrected chi connectivity index (χ1v) is 7.32. The van der Waals surface area contributed by atoms with E-state index in [9.17, 15) is 0 Å². The fourth-order valence-electron chi connectivity index (χ4n) is 1.70. The average Bonchev–Trinajstić information content (AvgIpc) is 3.21. The summed E-state index contributed by atoms with van der Waals surface area (Å²) in [5.74, 6) is 0.852. The van der Waals surface area contributed by atoms with Crippen molar-refractivity contribution in [1.82, 2.24) is 5.32 Å². The van der Waals surface area contributed by atoms with Gasteiger partial charge >= 0.3 is 0 Å². The van der Waals surface area contributed by atoms with Gasteiger partial charge in [0.1, 0.15) is 6.07 Å². The van der Waals surface area contributed by atoms with Crippen LogP contribution < -0.4 is 5.32 Å². The fraction of sp³-hybridized carbons (Fsp3) is 0.500. The second-order valence-electron chi connectivity index (χ2n) is 4.52. The Morgan fingerprint density at radius 2 is 2.28 bits per heavy atom. The first-order chi connectivity index (χ1) is 8.83. The molecular weight excluding hydrogens is 244 g/mol. The van der Waals surface area contributed by atoms with Crippen molar-refractivity contribution < 1.29 is 5.11 Å². The van der Waals surface area contributed by atoms with Gasteiger partial charge in [-0.1, -0.05) is 6.07 Å². The SMILES string of the molecule is N#Cc1cc(CNC2CC2)ccc1SCCCO. The third kappa shape index (κ3) is 4.02. The highest BCUT2D eigenvalue weighted by Gasteiger charge is 2.20. The number of hydrogen-bond acceptors (Lipinski definition) is 4. The zero-order valence-corrected chi connectivity index (χ0v) is 11.2. The highest BCUT2D eigenvalue weighted by atomic mass is 32.2. The van der Waals surface area contributed by atoms with E-state index in [0.717, 1.165) is 29.2 Å². The van der Waals surface area contributed by atoms with Gasteiger partial charge in [-0.25, -0.2) is 0 Å². The van der Waals surface area contributed by atoms with Crippen molar-refractivity contribution in [3.05, 3.63) is 29.3 Å². The van der Waals surface area contributed by atoms with Crippen molar-refractivity contribution in [2.75, 3.05) is 12.4 Å². The van der Waals surface area contributed by atoms with E-state index in [0.29, 0.717) is 6.04 Å². The smallest absolute Gasteiger partial charge is 0.100 e. The lowest BCUT2D eigenvalue weighted by atomic mass is 10.1. The third-order valence-corrected chi connectivity index (χ3v) is 4.06. The van der Waals surface area contributed by atoms with Gasteiger partial charge in [-0.3, -0.25) is 0 Å². The number of benzene rings is 1. The zero-order valence-electron chi connectivity index (χ0n) is 10.4. The van der Waals surface area contributed by atoms with Crippen LogP contribution in [0.2, 0.25) is 0 Å². The highest BCUT2D eigenvalue weighted by Crippen LogP contribution is 2.25. The molecule has 0 aliphatic heterocycles. The average molecular weight is 262 g/mol. The summed E-state index contributed by atoms with van der Waals surface area (Å²) in [6.07, 6.45) is 3.32. The highest BCUT2D eigenvalue weighted by molar-refractivity contribution is 7.99. The van der Waals surface area contributed by atoms with E-state index in [1.807, 2.05) is 12.1 Å². The minimum atomic E-state index is 0.207. The molecule has 0 amide bonds. The lowest BCUT2D eigenvalue weighted by Gasteiger charge is -2.07. The van der Waals surface area contributed by atoms with Crippen LogP contribution in [0.25, 0.3) is 0 Å². The number of nitrogens with zero attached hydrogens (tertiary/aromatic N) is 1. The van der Waals surface area contributed by atoms with Crippen LogP contribution in [0.1, 0.15) is 30.4 Å². The molecule has 1 aromatic rings. The number of nitrogens with one attached hydrogen (secondary N) is 1. The molecule has 0 unspecified atom stereocenters. The monoisotopic (exact) mass is 262 g/mol. The molecule has 18 heavy (non-hydrogen) atoms. The lowest BCUT2D eigenvalue weighted by Crippen LogP contribution is -2.15. The first kappa shape index (κ1) is 13.4. The molecule has 0 spiro atoms. The number of aliphatic hydroxyl groups excluding tert-OH is 1. The van der Waals surface area contributed by atoms with Gasteiger partial charge in [0.2, 0.25) is 0 Å². The molecular formula is C14H18N2OS. The van der Waals surface area contributed by atoms with Crippen molar-refractivity contribution in [1.29, 1.82) is 5.26 Å². The standard InChI is InChI=1S/C14H18N2OS/c15-9-12-8-11(10-16-13-3-4-13)2-5-14(12)18-7-1-6-17/h2,5,8,13,16-17H,1,3-4,6-7,10H2. The summed E-state index contributed by atoms with van der Waals surface area (Å²) < 4.78 is 0. The van der Waals surface area contributed by atoms with Crippen molar-refractivity contribution in [3.63, 3.8) is 0 Å². The summed E-state index contributed by atoms with van der Waals surface area (Å²) in [6.45, 7) is 1.05. The number of nitriles is 1. The van der Waals surface area contributed by atoms with Gasteiger partial charge in [0.15, 0.2) is 0 Å². The predicted octanol–water partition coefficient (Wildman–Crippen LogP) is 2.28. The third-order valence-electron chi connectivity index (χ3n) is 2.90. The maximum atomic E-state index is 9.16. The number of hydrogen-bond donors (Lipinski definition) is 2. The largest absolute Gasteiger partial charge is 0.396 e. The predicted molar refractivity (Wildman–Crippen MR) is 73.4 cm³/mol. The van der Waals surface area contributed by atoms with Crippen LogP contribution in [0.5, 0.6) is 0 Å². The molecule has 1 aliphatic carbocycles. The maximum Gasteiger partial charge on any atom is 0.100 e. The zero-order chi connectivity index (χ0) is 12.8. The number of aliphatic hydroxyl groups is 1. The van der Waals surface area contributed by atoms with Crippen molar-refractivity contribution in [2.24, 2.45) is 0 Å². The second kappa shape index (κ2) is 6.79. The van der Waals surface area contributed by atoms with E-state index < -0.39 is 0 Å². The summed E-state index contributed by atoms with van der Waals surface area (Å²) in [5, 5.41) is 21.4. The Labute approximate surface area is 112 Å². The van der Waals surface area contributed by atoms with E-state index >= 15 is 0 Å². The van der Waals surface area contributed by atoms with Crippen LogP contribution >= 0.6 is 11.8 Å². The van der Waals surface area contributed by atoms with Gasteiger partial charge in [-0.15, -0.1) is 11.8 Å². The van der Waals surface area contributed by atoms with Crippen LogP contribution in [-0.2, 0) is 6.54 Å². The van der Waals surface area contributed by atoms with Gasteiger partial charge in [0.25, 0.3) is 0 Å². The van der Waals surface area contributed by atoms with Crippen LogP contribution in [0.3, 0.4) is 0 Å². The molecule has 0 radical (unpaired) electrons. The van der Waals surface area contributed by atoms with Gasteiger partial charge in [-0.05, 0) is 37.0 Å². The van der Waals surface area contributed by atoms with Gasteiger partial charge in [0.05, 0.1) is 5.56 Å². The van der Waals surface area contributed by atoms with Crippen LogP contribution in [0, 0.1) is 11.3 Å². The van der Waals surface area contributed by atoms with E-state index in [1.165, 1.54) is 18.4 Å². The Hall–Kier alpha value is -1.02. The van der Waals surface area contributed by atoms with Gasteiger partial charge in [0, 0.05) is 29.8 Å². The first-order valence-electron chi connectivity index (χ1n) is 6.33. The van der Waals surface area contributed by atoms with Crippen molar-refractivity contribution in [3.8, 4) is 6.07 Å². The van der Waals surface area contributed by atoms with Gasteiger partial charge in [-0.2, -0.15) is 5.26 Å². The molecule has 1 aliphatic rings. The molecule has 0 atom stereocenters. The molecule has 0 bridgehead atoms. The number of thioether (sulfide) groups is 1. The minimum Gasteiger partial charge on any atom is -0.396 e. The Bertz CT molecular complexity index is 438. The van der Waals surface area contributed by atoms with Crippen molar-refractivity contribution >= 4 is 11.8 Å². The molecule has 96 valence electrons. The molecule has 0 heterocycles. The van der Waals surface area contributed by atoms with Crippen LogP contribution in [0.15, 0.2) is 23.1 Å².